The third-order valence-corrected chi connectivity index (χ3v) is 8.16. The number of rotatable bonds is 11. The van der Waals surface area contributed by atoms with Gasteiger partial charge in [0.1, 0.15) is 18.8 Å². The summed E-state index contributed by atoms with van der Waals surface area (Å²) < 4.78 is 33.7. The van der Waals surface area contributed by atoms with Crippen LogP contribution in [0.2, 0.25) is 5.02 Å². The van der Waals surface area contributed by atoms with Gasteiger partial charge in [-0.1, -0.05) is 29.8 Å². The Balaban J connectivity index is 1.69. The van der Waals surface area contributed by atoms with E-state index in [4.69, 9.17) is 40.0 Å². The third-order valence-electron chi connectivity index (χ3n) is 6.68. The normalized spacial score (nSPS) is 21.0. The number of hydrogen-bond acceptors (Lipinski definition) is 12. The molecule has 11 nitrogen and oxygen atoms in total. The molecule has 3 aromatic rings. The maximum atomic E-state index is 12.3. The summed E-state index contributed by atoms with van der Waals surface area (Å²) in [5.74, 6) is -2.12. The number of carbonyl (C=O) groups excluding carboxylic acids is 4. The van der Waals surface area contributed by atoms with E-state index < -0.39 is 54.4 Å². The van der Waals surface area contributed by atoms with Crippen molar-refractivity contribution in [2.24, 2.45) is 0 Å². The minimum absolute atomic E-state index is 0.314. The molecule has 45 heavy (non-hydrogen) atoms. The average molecular weight is 660 g/mol. The first-order valence-electron chi connectivity index (χ1n) is 14.2. The minimum atomic E-state index is -1.27. The standard InChI is InChI=1S/C32H34ClNO10S/c1-6-39-28-9-7-8-25(34-28)27-13-11-23(45-27)15-22-14-21(10-12-24(22)33)29-31(42-19(4)37)32(43-20(5)38)30(41-18(3)36)26(44-29)16-40-17(2)35/h7-14,26,29-32H,6,15-16H2,1-5H3/t26-,29+,30-,31+,32+/m1/s1. The number of hydrogen-bond donors (Lipinski definition) is 0. The van der Waals surface area contributed by atoms with Crippen LogP contribution in [0.1, 0.15) is 56.7 Å². The molecule has 0 aliphatic carbocycles. The molecule has 1 aliphatic heterocycles. The van der Waals surface area contributed by atoms with Crippen molar-refractivity contribution in [1.29, 1.82) is 0 Å². The van der Waals surface area contributed by atoms with Crippen LogP contribution in [0, 0.1) is 0 Å². The fourth-order valence-electron chi connectivity index (χ4n) is 4.98. The van der Waals surface area contributed by atoms with Gasteiger partial charge in [0.25, 0.3) is 0 Å². The summed E-state index contributed by atoms with van der Waals surface area (Å²) >= 11 is 8.20. The van der Waals surface area contributed by atoms with E-state index >= 15 is 0 Å². The zero-order valence-corrected chi connectivity index (χ0v) is 27.0. The van der Waals surface area contributed by atoms with Gasteiger partial charge in [0.15, 0.2) is 18.3 Å². The first-order valence-corrected chi connectivity index (χ1v) is 15.4. The highest BCUT2D eigenvalue weighted by Gasteiger charge is 2.52. The molecule has 0 saturated carbocycles. The number of thiophene rings is 1. The number of ether oxygens (including phenoxy) is 6. The van der Waals surface area contributed by atoms with E-state index in [-0.39, 0.29) is 6.61 Å². The van der Waals surface area contributed by atoms with Gasteiger partial charge in [-0.25, -0.2) is 4.98 Å². The highest BCUT2D eigenvalue weighted by molar-refractivity contribution is 7.15. The topological polar surface area (TPSA) is 137 Å². The highest BCUT2D eigenvalue weighted by Crippen LogP contribution is 2.39. The van der Waals surface area contributed by atoms with Gasteiger partial charge in [-0.2, -0.15) is 0 Å². The molecule has 1 aliphatic rings. The monoisotopic (exact) mass is 659 g/mol. The lowest BCUT2D eigenvalue weighted by molar-refractivity contribution is -0.254. The van der Waals surface area contributed by atoms with Crippen LogP contribution < -0.4 is 4.74 Å². The predicted octanol–water partition coefficient (Wildman–Crippen LogP) is 5.25. The van der Waals surface area contributed by atoms with Crippen molar-refractivity contribution in [3.05, 3.63) is 69.6 Å². The Labute approximate surface area is 269 Å². The van der Waals surface area contributed by atoms with Gasteiger partial charge in [0.2, 0.25) is 5.88 Å². The zero-order chi connectivity index (χ0) is 32.7. The van der Waals surface area contributed by atoms with Gasteiger partial charge in [0.05, 0.1) is 17.2 Å². The highest BCUT2D eigenvalue weighted by atomic mass is 35.5. The summed E-state index contributed by atoms with van der Waals surface area (Å²) in [5.41, 5.74) is 2.09. The molecule has 240 valence electrons. The van der Waals surface area contributed by atoms with E-state index in [1.165, 1.54) is 27.7 Å². The second-order valence-corrected chi connectivity index (χ2v) is 11.8. The van der Waals surface area contributed by atoms with Crippen LogP contribution in [-0.2, 0) is 49.3 Å². The Morgan fingerprint density at radius 1 is 0.867 bits per heavy atom. The fraction of sp³-hybridized carbons (Fsp3) is 0.406. The van der Waals surface area contributed by atoms with Crippen molar-refractivity contribution in [1.82, 2.24) is 4.98 Å². The van der Waals surface area contributed by atoms with Crippen LogP contribution in [0.25, 0.3) is 10.6 Å². The SMILES string of the molecule is CCOc1cccc(-c2ccc(Cc3cc([C@@H]4O[C@H](COC(C)=O)[C@@H](OC(C)=O)[C@H](OC(C)=O)[C@H]4OC(C)=O)ccc3Cl)s2)n1. The van der Waals surface area contributed by atoms with E-state index in [0.717, 1.165) is 21.0 Å². The van der Waals surface area contributed by atoms with Gasteiger partial charge in [-0.3, -0.25) is 19.2 Å². The third kappa shape index (κ3) is 9.03. The average Bonchev–Trinajstić information content (AvgIpc) is 3.44. The minimum Gasteiger partial charge on any atom is -0.478 e. The number of benzene rings is 1. The molecular weight excluding hydrogens is 626 g/mol. The van der Waals surface area contributed by atoms with Crippen LogP contribution in [0.15, 0.2) is 48.5 Å². The van der Waals surface area contributed by atoms with Crippen molar-refractivity contribution in [3.63, 3.8) is 0 Å². The molecule has 0 spiro atoms. The maximum Gasteiger partial charge on any atom is 0.303 e. The smallest absolute Gasteiger partial charge is 0.303 e. The van der Waals surface area contributed by atoms with Crippen LogP contribution in [-0.4, -0.2) is 66.5 Å². The lowest BCUT2D eigenvalue weighted by atomic mass is 9.89. The van der Waals surface area contributed by atoms with Gasteiger partial charge in [0, 0.05) is 50.1 Å². The maximum absolute atomic E-state index is 12.3. The van der Waals surface area contributed by atoms with E-state index in [2.05, 4.69) is 4.98 Å². The molecule has 0 bridgehead atoms. The number of aromatic nitrogens is 1. The number of halogens is 1. The van der Waals surface area contributed by atoms with Crippen LogP contribution in [0.3, 0.4) is 0 Å². The lowest BCUT2D eigenvalue weighted by Gasteiger charge is -2.44. The lowest BCUT2D eigenvalue weighted by Crippen LogP contribution is -2.59. The summed E-state index contributed by atoms with van der Waals surface area (Å²) in [6, 6.07) is 14.8. The van der Waals surface area contributed by atoms with E-state index in [0.29, 0.717) is 29.5 Å². The summed E-state index contributed by atoms with van der Waals surface area (Å²) in [6.07, 6.45) is -5.32. The molecule has 13 heteroatoms. The predicted molar refractivity (Wildman–Crippen MR) is 164 cm³/mol. The molecule has 1 aromatic carbocycles. The summed E-state index contributed by atoms with van der Waals surface area (Å²) in [6.45, 7) is 6.88. The number of pyridine rings is 1. The summed E-state index contributed by atoms with van der Waals surface area (Å²) in [4.78, 5) is 54.7. The first-order chi connectivity index (χ1) is 21.4. The Kier molecular flexibility index (Phi) is 11.5. The van der Waals surface area contributed by atoms with Crippen molar-refractivity contribution < 1.29 is 47.6 Å². The summed E-state index contributed by atoms with van der Waals surface area (Å²) in [7, 11) is 0. The molecule has 1 fully saturated rings. The van der Waals surface area contributed by atoms with Gasteiger partial charge >= 0.3 is 23.9 Å². The Bertz CT molecular complexity index is 1540. The van der Waals surface area contributed by atoms with Crippen molar-refractivity contribution in [3.8, 4) is 16.5 Å². The Morgan fingerprint density at radius 3 is 2.22 bits per heavy atom. The molecule has 2 aromatic heterocycles. The molecular formula is C32H34ClNO10S. The molecule has 0 radical (unpaired) electrons. The van der Waals surface area contributed by atoms with E-state index in [1.54, 1.807) is 29.5 Å². The number of nitrogens with zero attached hydrogens (tertiary/aromatic N) is 1. The molecule has 0 unspecified atom stereocenters. The fourth-order valence-corrected chi connectivity index (χ4v) is 6.17. The van der Waals surface area contributed by atoms with Gasteiger partial charge in [-0.05, 0) is 42.3 Å². The zero-order valence-electron chi connectivity index (χ0n) is 25.4. The molecule has 4 rings (SSSR count). The molecule has 0 N–H and O–H groups in total. The quantitative estimate of drug-likeness (QED) is 0.197. The van der Waals surface area contributed by atoms with Crippen molar-refractivity contribution in [2.75, 3.05) is 13.2 Å². The van der Waals surface area contributed by atoms with Gasteiger partial charge in [-0.15, -0.1) is 11.3 Å². The van der Waals surface area contributed by atoms with Crippen LogP contribution in [0.5, 0.6) is 5.88 Å². The van der Waals surface area contributed by atoms with E-state index in [1.807, 2.05) is 37.3 Å². The largest absolute Gasteiger partial charge is 0.478 e. The number of esters is 4. The van der Waals surface area contributed by atoms with Crippen molar-refractivity contribution in [2.45, 2.75) is 71.6 Å². The summed E-state index contributed by atoms with van der Waals surface area (Å²) in [5, 5.41) is 0.496. The van der Waals surface area contributed by atoms with Crippen LogP contribution in [0.4, 0.5) is 0 Å². The molecule has 3 heterocycles. The first kappa shape index (κ1) is 33.9. The van der Waals surface area contributed by atoms with Crippen LogP contribution >= 0.6 is 22.9 Å². The molecule has 1 saturated heterocycles. The second kappa shape index (κ2) is 15.3. The molecule has 0 amide bonds. The van der Waals surface area contributed by atoms with Gasteiger partial charge < -0.3 is 28.4 Å². The Morgan fingerprint density at radius 2 is 1.56 bits per heavy atom. The Hall–Kier alpha value is -4.00. The second-order valence-electron chi connectivity index (χ2n) is 10.2. The van der Waals surface area contributed by atoms with Crippen molar-refractivity contribution >= 4 is 46.8 Å². The number of carbonyl (C=O) groups is 4. The van der Waals surface area contributed by atoms with E-state index in [9.17, 15) is 19.2 Å². The molecule has 5 atom stereocenters.